The molecule has 1 saturated heterocycles. The van der Waals surface area contributed by atoms with Crippen LogP contribution in [-0.4, -0.2) is 12.5 Å². The molecular formula is C12H9F3N2O. The van der Waals surface area contributed by atoms with Crippen molar-refractivity contribution in [3.63, 3.8) is 0 Å². The molecule has 2 rings (SSSR count). The molecule has 18 heavy (non-hydrogen) atoms. The van der Waals surface area contributed by atoms with Crippen LogP contribution in [0.4, 0.5) is 18.9 Å². The predicted octanol–water partition coefficient (Wildman–Crippen LogP) is 2.58. The van der Waals surface area contributed by atoms with Crippen molar-refractivity contribution in [3.8, 4) is 6.07 Å². The summed E-state index contributed by atoms with van der Waals surface area (Å²) < 4.78 is 38.4. The minimum Gasteiger partial charge on any atom is -0.310 e. The second-order valence-corrected chi connectivity index (χ2v) is 4.05. The Balaban J connectivity index is 2.41. The SMILES string of the molecule is N#CC1CC(=O)N(c2ccccc2C(F)(F)F)C1. The molecule has 0 aliphatic carbocycles. The van der Waals surface area contributed by atoms with Crippen LogP contribution in [0.15, 0.2) is 24.3 Å². The number of nitriles is 1. The van der Waals surface area contributed by atoms with Crippen molar-refractivity contribution in [2.75, 3.05) is 11.4 Å². The summed E-state index contributed by atoms with van der Waals surface area (Å²) in [6.45, 7) is 0.0163. The van der Waals surface area contributed by atoms with Crippen molar-refractivity contribution in [2.24, 2.45) is 5.92 Å². The van der Waals surface area contributed by atoms with E-state index in [1.807, 2.05) is 6.07 Å². The maximum Gasteiger partial charge on any atom is 0.418 e. The lowest BCUT2D eigenvalue weighted by atomic mass is 10.1. The fraction of sp³-hybridized carbons (Fsp3) is 0.333. The maximum absolute atomic E-state index is 12.8. The quantitative estimate of drug-likeness (QED) is 0.773. The Hall–Kier alpha value is -2.03. The van der Waals surface area contributed by atoms with Crippen molar-refractivity contribution >= 4 is 11.6 Å². The van der Waals surface area contributed by atoms with Crippen LogP contribution in [0, 0.1) is 17.2 Å². The molecule has 6 heteroatoms. The lowest BCUT2D eigenvalue weighted by Crippen LogP contribution is -2.27. The van der Waals surface area contributed by atoms with Gasteiger partial charge in [0.1, 0.15) is 0 Å². The number of carbonyl (C=O) groups excluding carboxylic acids is 1. The lowest BCUT2D eigenvalue weighted by Gasteiger charge is -2.20. The molecule has 0 N–H and O–H groups in total. The van der Waals surface area contributed by atoms with E-state index in [0.717, 1.165) is 11.0 Å². The molecular weight excluding hydrogens is 245 g/mol. The Kier molecular flexibility index (Phi) is 2.99. The number of carbonyl (C=O) groups is 1. The monoisotopic (exact) mass is 254 g/mol. The van der Waals surface area contributed by atoms with E-state index in [1.54, 1.807) is 0 Å². The fourth-order valence-electron chi connectivity index (χ4n) is 1.98. The topological polar surface area (TPSA) is 44.1 Å². The van der Waals surface area contributed by atoms with E-state index in [-0.39, 0.29) is 18.7 Å². The van der Waals surface area contributed by atoms with Gasteiger partial charge in [0.15, 0.2) is 0 Å². The zero-order valence-electron chi connectivity index (χ0n) is 9.24. The van der Waals surface area contributed by atoms with E-state index in [1.165, 1.54) is 18.2 Å². The minimum absolute atomic E-state index is 0.0163. The largest absolute Gasteiger partial charge is 0.418 e. The third-order valence-electron chi connectivity index (χ3n) is 2.81. The van der Waals surface area contributed by atoms with Gasteiger partial charge in [-0.3, -0.25) is 4.79 Å². The van der Waals surface area contributed by atoms with Gasteiger partial charge in [0.2, 0.25) is 5.91 Å². The molecule has 1 amide bonds. The van der Waals surface area contributed by atoms with Crippen LogP contribution < -0.4 is 4.90 Å². The molecule has 1 aliphatic rings. The van der Waals surface area contributed by atoms with Gasteiger partial charge in [-0.15, -0.1) is 0 Å². The van der Waals surface area contributed by atoms with E-state index in [9.17, 15) is 18.0 Å². The number of nitrogens with zero attached hydrogens (tertiary/aromatic N) is 2. The first-order valence-electron chi connectivity index (χ1n) is 5.29. The van der Waals surface area contributed by atoms with Gasteiger partial charge in [-0.25, -0.2) is 0 Å². The zero-order valence-corrected chi connectivity index (χ0v) is 9.24. The van der Waals surface area contributed by atoms with Gasteiger partial charge in [-0.05, 0) is 12.1 Å². The van der Waals surface area contributed by atoms with Crippen LogP contribution in [0.5, 0.6) is 0 Å². The van der Waals surface area contributed by atoms with E-state index >= 15 is 0 Å². The minimum atomic E-state index is -4.51. The highest BCUT2D eigenvalue weighted by molar-refractivity contribution is 5.96. The van der Waals surface area contributed by atoms with Crippen LogP contribution in [0.25, 0.3) is 0 Å². The van der Waals surface area contributed by atoms with Crippen molar-refractivity contribution < 1.29 is 18.0 Å². The summed E-state index contributed by atoms with van der Waals surface area (Å²) in [6, 6.07) is 6.81. The smallest absolute Gasteiger partial charge is 0.310 e. The van der Waals surface area contributed by atoms with Gasteiger partial charge >= 0.3 is 6.18 Å². The van der Waals surface area contributed by atoms with Crippen LogP contribution in [-0.2, 0) is 11.0 Å². The summed E-state index contributed by atoms with van der Waals surface area (Å²) in [4.78, 5) is 12.7. The first-order valence-corrected chi connectivity index (χ1v) is 5.29. The molecule has 0 spiro atoms. The van der Waals surface area contributed by atoms with Crippen molar-refractivity contribution in [2.45, 2.75) is 12.6 Å². The van der Waals surface area contributed by atoms with Gasteiger partial charge in [0.25, 0.3) is 0 Å². The summed E-state index contributed by atoms with van der Waals surface area (Å²) in [6.07, 6.45) is -4.54. The number of anilines is 1. The number of hydrogen-bond acceptors (Lipinski definition) is 2. The Bertz CT molecular complexity index is 519. The molecule has 1 aromatic rings. The van der Waals surface area contributed by atoms with Gasteiger partial charge in [-0.1, -0.05) is 12.1 Å². The van der Waals surface area contributed by atoms with Crippen LogP contribution in [0.3, 0.4) is 0 Å². The number of hydrogen-bond donors (Lipinski definition) is 0. The standard InChI is InChI=1S/C12H9F3N2O/c13-12(14,15)9-3-1-2-4-10(9)17-7-8(6-16)5-11(17)18/h1-4,8H,5,7H2. The Labute approximate surface area is 101 Å². The highest BCUT2D eigenvalue weighted by Gasteiger charge is 2.38. The third kappa shape index (κ3) is 2.16. The second kappa shape index (κ2) is 4.33. The average molecular weight is 254 g/mol. The van der Waals surface area contributed by atoms with E-state index < -0.39 is 23.6 Å². The Morgan fingerprint density at radius 3 is 2.56 bits per heavy atom. The summed E-state index contributed by atoms with van der Waals surface area (Å²) in [7, 11) is 0. The molecule has 3 nitrogen and oxygen atoms in total. The predicted molar refractivity (Wildman–Crippen MR) is 57.5 cm³/mol. The normalized spacial score (nSPS) is 20.0. The highest BCUT2D eigenvalue weighted by atomic mass is 19.4. The second-order valence-electron chi connectivity index (χ2n) is 4.05. The van der Waals surface area contributed by atoms with Crippen LogP contribution in [0.1, 0.15) is 12.0 Å². The molecule has 0 radical (unpaired) electrons. The zero-order chi connectivity index (χ0) is 13.3. The molecule has 1 atom stereocenters. The number of rotatable bonds is 1. The molecule has 1 unspecified atom stereocenters. The summed E-state index contributed by atoms with van der Waals surface area (Å²) >= 11 is 0. The number of benzene rings is 1. The van der Waals surface area contributed by atoms with E-state index in [4.69, 9.17) is 5.26 Å². The number of amides is 1. The van der Waals surface area contributed by atoms with Crippen molar-refractivity contribution in [1.82, 2.24) is 0 Å². The number of halogens is 3. The van der Waals surface area contributed by atoms with Crippen molar-refractivity contribution in [3.05, 3.63) is 29.8 Å². The molecule has 0 saturated carbocycles. The number of para-hydroxylation sites is 1. The average Bonchev–Trinajstić information content (AvgIpc) is 2.69. The van der Waals surface area contributed by atoms with Gasteiger partial charge < -0.3 is 4.90 Å². The van der Waals surface area contributed by atoms with E-state index in [2.05, 4.69) is 0 Å². The summed E-state index contributed by atoms with van der Waals surface area (Å²) in [5.74, 6) is -0.989. The number of alkyl halides is 3. The van der Waals surface area contributed by atoms with Crippen LogP contribution >= 0.6 is 0 Å². The first-order chi connectivity index (χ1) is 8.43. The highest BCUT2D eigenvalue weighted by Crippen LogP contribution is 2.38. The van der Waals surface area contributed by atoms with Gasteiger partial charge in [0, 0.05) is 13.0 Å². The third-order valence-corrected chi connectivity index (χ3v) is 2.81. The van der Waals surface area contributed by atoms with Crippen LogP contribution in [0.2, 0.25) is 0 Å². The van der Waals surface area contributed by atoms with Crippen molar-refractivity contribution in [1.29, 1.82) is 5.26 Å². The van der Waals surface area contributed by atoms with E-state index in [0.29, 0.717) is 0 Å². The molecule has 0 aromatic heterocycles. The first kappa shape index (κ1) is 12.4. The molecule has 1 aliphatic heterocycles. The molecule has 0 bridgehead atoms. The Morgan fingerprint density at radius 2 is 2.00 bits per heavy atom. The van der Waals surface area contributed by atoms with Gasteiger partial charge in [0.05, 0.1) is 23.2 Å². The molecule has 94 valence electrons. The molecule has 1 aromatic carbocycles. The summed E-state index contributed by atoms with van der Waals surface area (Å²) in [5.41, 5.74) is -1.02. The summed E-state index contributed by atoms with van der Waals surface area (Å²) in [5, 5.41) is 8.73. The maximum atomic E-state index is 12.8. The molecule has 1 heterocycles. The molecule has 1 fully saturated rings. The van der Waals surface area contributed by atoms with Gasteiger partial charge in [-0.2, -0.15) is 18.4 Å². The Morgan fingerprint density at radius 1 is 1.33 bits per heavy atom. The fourth-order valence-corrected chi connectivity index (χ4v) is 1.98. The lowest BCUT2D eigenvalue weighted by molar-refractivity contribution is -0.137.